The Balaban J connectivity index is 0.000000130. The maximum atomic E-state index is 15.2. The predicted molar refractivity (Wildman–Crippen MR) is 548 cm³/mol. The second kappa shape index (κ2) is 45.1. The third-order valence-electron chi connectivity index (χ3n) is 25.5. The van der Waals surface area contributed by atoms with Crippen LogP contribution in [0.3, 0.4) is 0 Å². The number of ether oxygens (including phenoxy) is 3. The molecule has 4 atom stereocenters. The Labute approximate surface area is 862 Å². The highest BCUT2D eigenvalue weighted by atomic mass is 35.5. The third-order valence-corrected chi connectivity index (χ3v) is 32.1. The van der Waals surface area contributed by atoms with E-state index in [1.807, 2.05) is 113 Å². The number of thioether (sulfide) groups is 4. The number of alkyl halides is 1. The zero-order chi connectivity index (χ0) is 99.2. The molecule has 12 aromatic carbocycles. The predicted octanol–water partition coefficient (Wildman–Crippen LogP) is 31.1. The van der Waals surface area contributed by atoms with Crippen molar-refractivity contribution in [2.75, 3.05) is 33.6 Å². The Morgan fingerprint density at radius 2 is 0.674 bits per heavy atom. The zero-order valence-electron chi connectivity index (χ0n) is 76.5. The molecular formula is C109H90Cl7F9N8O4S4. The molecule has 2 aliphatic carbocycles. The fourth-order valence-electron chi connectivity index (χ4n) is 18.3. The summed E-state index contributed by atoms with van der Waals surface area (Å²) < 4.78 is 154. The molecule has 141 heavy (non-hydrogen) atoms. The van der Waals surface area contributed by atoms with Gasteiger partial charge in [0, 0.05) is 116 Å². The quantitative estimate of drug-likeness (QED) is 0.0485. The van der Waals surface area contributed by atoms with E-state index in [9.17, 15) is 40.2 Å². The van der Waals surface area contributed by atoms with Gasteiger partial charge < -0.3 is 19.3 Å². The van der Waals surface area contributed by atoms with Crippen molar-refractivity contribution in [1.29, 1.82) is 0 Å². The van der Waals surface area contributed by atoms with Crippen LogP contribution in [-0.2, 0) is 69.0 Å². The molecule has 0 bridgehead atoms. The summed E-state index contributed by atoms with van der Waals surface area (Å²) in [6, 6.07) is 66.5. The van der Waals surface area contributed by atoms with E-state index in [0.717, 1.165) is 132 Å². The van der Waals surface area contributed by atoms with Gasteiger partial charge >= 0.3 is 0 Å². The topological polar surface area (TPSA) is 119 Å². The van der Waals surface area contributed by atoms with Crippen LogP contribution < -0.4 is 4.74 Å². The molecule has 4 aromatic heterocycles. The molecule has 0 fully saturated rings. The summed E-state index contributed by atoms with van der Waals surface area (Å²) in [5.74, 6) is -0.937. The van der Waals surface area contributed by atoms with Gasteiger partial charge in [-0.25, -0.2) is 59.4 Å². The van der Waals surface area contributed by atoms with Gasteiger partial charge in [-0.2, -0.15) is 0 Å². The number of halogens is 16. The third kappa shape index (κ3) is 21.9. The molecule has 1 N–H and O–H groups in total. The van der Waals surface area contributed by atoms with Crippen molar-refractivity contribution in [3.63, 3.8) is 0 Å². The Bertz CT molecular complexity index is 6990. The van der Waals surface area contributed by atoms with Crippen LogP contribution in [0, 0.1) is 74.2 Å². The van der Waals surface area contributed by atoms with E-state index in [1.54, 1.807) is 110 Å². The summed E-state index contributed by atoms with van der Waals surface area (Å²) in [5.41, 5.74) is 17.1. The van der Waals surface area contributed by atoms with E-state index in [0.29, 0.717) is 141 Å². The first-order valence-electron chi connectivity index (χ1n) is 45.1. The van der Waals surface area contributed by atoms with E-state index in [2.05, 4.69) is 0 Å². The van der Waals surface area contributed by atoms with Crippen LogP contribution in [0.5, 0.6) is 5.75 Å². The van der Waals surface area contributed by atoms with Gasteiger partial charge in [-0.3, -0.25) is 18.3 Å². The SMILES string of the molecule is COc1ccc(C2OCCc3nc(SCc4c(F)cccc4Cl)n(-c4ccc(F)cc4)c32)cc1C.Cc1cc(C2(CF)CCCc3nc(SCc4c(F)cccc4Cl)n(-c4ccc(F)cc4)c32)ccc1Cl.Cc1cc(C2(CO)CCCc3nc(SCc4c(F)cccc4Cl)n(-c4ccc(F)cc4)c32)ccc1Cl.Cc1cc(C2OCCc3nc(SCc4c(F)cccc4Cl)n(-c4ccc(F)cc4)c32)ccc1Cl. The lowest BCUT2D eigenvalue weighted by Crippen LogP contribution is -2.38. The van der Waals surface area contributed by atoms with Gasteiger partial charge in [-0.1, -0.05) is 195 Å². The van der Waals surface area contributed by atoms with Crippen molar-refractivity contribution >= 4 is 128 Å². The van der Waals surface area contributed by atoms with Gasteiger partial charge in [-0.05, 0) is 287 Å². The largest absolute Gasteiger partial charge is 0.496 e. The highest BCUT2D eigenvalue weighted by Gasteiger charge is 2.46. The normalized spacial score (nSPS) is 16.3. The summed E-state index contributed by atoms with van der Waals surface area (Å²) in [5, 5.41) is 16.8. The van der Waals surface area contributed by atoms with Crippen molar-refractivity contribution in [1.82, 2.24) is 38.2 Å². The van der Waals surface area contributed by atoms with Crippen LogP contribution in [0.15, 0.2) is 263 Å². The summed E-state index contributed by atoms with van der Waals surface area (Å²) in [4.78, 5) is 19.7. The van der Waals surface area contributed by atoms with E-state index in [-0.39, 0.29) is 71.0 Å². The standard InChI is InChI=1S/C28H23Cl2F3N2S.C28H24Cl2F2N2OS.C27H23ClF2N2O2S.C26H20Cl2F2N2OS/c1-17-14-18(7-12-22(17)29)28(16-31)13-3-6-25-26(28)35(20-10-8-19(32)9-11-20)27(34-25)36-15-21-23(30)4-2-5-24(21)33;1-17-14-18(7-12-22(17)29)28(16-35)13-3-6-25-26(28)34(20-10-8-19(31)9-11-20)27(33-25)36-15-21-23(30)4-2-5-24(21)32;1-16-14-17(6-11-24(16)33-2)26-25-23(12-13-34-26)31-27(32(25)19-9-7-18(29)8-10-19)35-15-20-21(28)4-3-5-22(20)30;1-15-13-16(5-10-20(15)27)25-24-23(11-12-33-25)31-26(32(24)18-8-6-17(29)7-9-18)34-14-19-21(28)3-2-4-22(19)30/h2,4-5,7-12,14H,3,6,13,15-16H2,1H3;2,4-5,7-12,14,35H,3,6,13,15-16H2,1H3;3-11,14,26H,12-13,15H2,1-2H3;2-10,13,25H,11-12,14H2,1H3. The Kier molecular flexibility index (Phi) is 32.7. The van der Waals surface area contributed by atoms with Gasteiger partial charge in [0.05, 0.1) is 83.3 Å². The first-order valence-corrected chi connectivity index (χ1v) is 51.7. The molecule has 0 saturated heterocycles. The number of benzene rings is 12. The molecule has 2 aliphatic heterocycles. The summed E-state index contributed by atoms with van der Waals surface area (Å²) in [6.45, 7) is 8.06. The number of aryl methyl sites for hydroxylation is 6. The van der Waals surface area contributed by atoms with Crippen LogP contribution in [0.1, 0.15) is 150 Å². The molecule has 12 nitrogen and oxygen atoms in total. The number of hydrogen-bond donors (Lipinski definition) is 1. The van der Waals surface area contributed by atoms with Crippen LogP contribution >= 0.6 is 128 Å². The number of aromatic nitrogens is 8. The highest BCUT2D eigenvalue weighted by molar-refractivity contribution is 7.99. The maximum absolute atomic E-state index is 15.2. The monoisotopic (exact) mass is 2120 g/mol. The number of rotatable bonds is 23. The van der Waals surface area contributed by atoms with Gasteiger partial charge in [0.2, 0.25) is 0 Å². The van der Waals surface area contributed by atoms with Gasteiger partial charge in [0.15, 0.2) is 20.6 Å². The maximum Gasteiger partial charge on any atom is 0.173 e. The van der Waals surface area contributed by atoms with E-state index in [1.165, 1.54) is 120 Å². The van der Waals surface area contributed by atoms with Gasteiger partial charge in [-0.15, -0.1) is 0 Å². The average Bonchev–Trinajstić information content (AvgIpc) is 1.43. The van der Waals surface area contributed by atoms with Crippen LogP contribution in [-0.4, -0.2) is 76.9 Å². The molecular weight excluding hydrogens is 2030 g/mol. The van der Waals surface area contributed by atoms with Crippen molar-refractivity contribution in [3.8, 4) is 28.5 Å². The molecule has 32 heteroatoms. The molecule has 0 saturated carbocycles. The lowest BCUT2D eigenvalue weighted by molar-refractivity contribution is 0.0647. The summed E-state index contributed by atoms with van der Waals surface area (Å²) >= 11 is 49.4. The number of aliphatic hydroxyl groups is 1. The van der Waals surface area contributed by atoms with Crippen molar-refractivity contribution in [2.24, 2.45) is 0 Å². The minimum Gasteiger partial charge on any atom is -0.496 e. The number of nitrogens with zero attached hydrogens (tertiary/aromatic N) is 8. The van der Waals surface area contributed by atoms with E-state index >= 15 is 4.39 Å². The molecule has 0 amide bonds. The Morgan fingerprint density at radius 1 is 0.362 bits per heavy atom. The number of hydrogen-bond acceptors (Lipinski definition) is 12. The highest BCUT2D eigenvalue weighted by Crippen LogP contribution is 2.51. The number of imidazole rings is 4. The smallest absolute Gasteiger partial charge is 0.173 e. The number of fused-ring (bicyclic) bond motifs is 4. The molecule has 16 aromatic rings. The fraction of sp³-hybridized carbons (Fsp3) is 0.229. The lowest BCUT2D eigenvalue weighted by Gasteiger charge is -2.37. The van der Waals surface area contributed by atoms with Gasteiger partial charge in [0.1, 0.15) is 71.2 Å². The minimum absolute atomic E-state index is 0.128. The van der Waals surface area contributed by atoms with E-state index < -0.39 is 23.3 Å². The fourth-order valence-corrected chi connectivity index (χ4v) is 24.2. The zero-order valence-corrected chi connectivity index (χ0v) is 85.1. The van der Waals surface area contributed by atoms with Crippen molar-refractivity contribution in [2.45, 2.75) is 146 Å². The molecule has 726 valence electrons. The first-order chi connectivity index (χ1) is 68.0. The Hall–Kier alpha value is -10.0. The summed E-state index contributed by atoms with van der Waals surface area (Å²) in [6.07, 6.45) is 4.89. The van der Waals surface area contributed by atoms with Crippen LogP contribution in [0.4, 0.5) is 39.5 Å². The molecule has 0 spiro atoms. The molecule has 4 unspecified atom stereocenters. The molecule has 4 aliphatic rings. The average molecular weight is 2120 g/mol. The lowest BCUT2D eigenvalue weighted by atomic mass is 9.70. The second-order valence-corrected chi connectivity index (χ2v) is 41.0. The van der Waals surface area contributed by atoms with Gasteiger partial charge in [0.25, 0.3) is 0 Å². The Morgan fingerprint density at radius 3 is 1.01 bits per heavy atom. The van der Waals surface area contributed by atoms with Crippen molar-refractivity contribution in [3.05, 3.63) is 437 Å². The van der Waals surface area contributed by atoms with Crippen LogP contribution in [0.25, 0.3) is 22.7 Å². The molecule has 0 radical (unpaired) electrons. The van der Waals surface area contributed by atoms with Crippen molar-refractivity contribution < 1.29 is 58.8 Å². The second-order valence-electron chi connectivity index (χ2n) is 34.4. The molecule has 20 rings (SSSR count). The number of methoxy groups -OCH3 is 1. The number of aliphatic hydroxyl groups excluding tert-OH is 1. The minimum atomic E-state index is -0.946. The molecule has 6 heterocycles. The van der Waals surface area contributed by atoms with E-state index in [4.69, 9.17) is 115 Å². The van der Waals surface area contributed by atoms with Crippen LogP contribution in [0.2, 0.25) is 35.2 Å². The first kappa shape index (κ1) is 102. The summed E-state index contributed by atoms with van der Waals surface area (Å²) in [7, 11) is 1.64.